The lowest BCUT2D eigenvalue weighted by Crippen LogP contribution is -2.34. The molecule has 1 heterocycles. The minimum atomic E-state index is -0.925. The minimum Gasteiger partial charge on any atom is -0.481 e. The summed E-state index contributed by atoms with van der Waals surface area (Å²) in [4.78, 5) is 28.5. The molecule has 1 aliphatic carbocycles. The zero-order valence-electron chi connectivity index (χ0n) is 14.5. The summed E-state index contributed by atoms with van der Waals surface area (Å²) in [5.41, 5.74) is 2.61. The van der Waals surface area contributed by atoms with Crippen LogP contribution < -0.4 is 5.32 Å². The third kappa shape index (κ3) is 3.61. The highest BCUT2D eigenvalue weighted by atomic mass is 32.1. The molecule has 2 N–H and O–H groups in total. The third-order valence-electron chi connectivity index (χ3n) is 4.78. The first kappa shape index (κ1) is 17.4. The number of aliphatic carboxylic acids is 1. The number of hydrogen-bond acceptors (Lipinski definition) is 4. The Morgan fingerprint density at radius 2 is 1.70 bits per heavy atom. The number of rotatable bonds is 4. The van der Waals surface area contributed by atoms with E-state index in [9.17, 15) is 14.7 Å². The number of carboxylic acids is 1. The molecule has 27 heavy (non-hydrogen) atoms. The molecule has 0 saturated carbocycles. The van der Waals surface area contributed by atoms with Gasteiger partial charge in [0.2, 0.25) is 5.91 Å². The minimum absolute atomic E-state index is 0.250. The van der Waals surface area contributed by atoms with Crippen LogP contribution in [0.1, 0.15) is 12.8 Å². The number of hydrogen-bond donors (Lipinski definition) is 2. The summed E-state index contributed by atoms with van der Waals surface area (Å²) >= 11 is 1.63. The van der Waals surface area contributed by atoms with Crippen LogP contribution in [0.4, 0.5) is 5.69 Å². The predicted octanol–water partition coefficient (Wildman–Crippen LogP) is 4.57. The molecular formula is C21H18N2O3S. The monoisotopic (exact) mass is 378 g/mol. The summed E-state index contributed by atoms with van der Waals surface area (Å²) in [5.74, 6) is -2.39. The fraction of sp³-hybridized carbons (Fsp3) is 0.190. The van der Waals surface area contributed by atoms with Crippen LogP contribution in [0.15, 0.2) is 60.7 Å². The topological polar surface area (TPSA) is 79.3 Å². The number of amides is 1. The van der Waals surface area contributed by atoms with Gasteiger partial charge in [0, 0.05) is 11.3 Å². The number of nitrogens with zero attached hydrogens (tertiary/aromatic N) is 1. The quantitative estimate of drug-likeness (QED) is 0.652. The van der Waals surface area contributed by atoms with Crippen LogP contribution in [0.25, 0.3) is 20.8 Å². The van der Waals surface area contributed by atoms with Gasteiger partial charge in [0.1, 0.15) is 5.01 Å². The van der Waals surface area contributed by atoms with Gasteiger partial charge in [0.15, 0.2) is 0 Å². The summed E-state index contributed by atoms with van der Waals surface area (Å²) in [6.45, 7) is 0. The molecule has 0 saturated heterocycles. The number of thiazole rings is 1. The van der Waals surface area contributed by atoms with E-state index in [1.807, 2.05) is 60.7 Å². The largest absolute Gasteiger partial charge is 0.481 e. The molecule has 6 heteroatoms. The smallest absolute Gasteiger partial charge is 0.307 e. The van der Waals surface area contributed by atoms with E-state index in [4.69, 9.17) is 0 Å². The highest BCUT2D eigenvalue weighted by Gasteiger charge is 2.33. The van der Waals surface area contributed by atoms with E-state index in [-0.39, 0.29) is 5.91 Å². The molecule has 5 nitrogen and oxygen atoms in total. The van der Waals surface area contributed by atoms with Gasteiger partial charge in [0.05, 0.1) is 22.1 Å². The number of carboxylic acid groups (broad SMARTS) is 1. The lowest BCUT2D eigenvalue weighted by atomic mass is 9.82. The molecule has 1 aromatic heterocycles. The molecule has 0 radical (unpaired) electrons. The van der Waals surface area contributed by atoms with Crippen LogP contribution >= 0.6 is 11.3 Å². The normalized spacial score (nSPS) is 19.1. The number of fused-ring (bicyclic) bond motifs is 1. The maximum absolute atomic E-state index is 12.5. The second-order valence-corrected chi connectivity index (χ2v) is 7.58. The Labute approximate surface area is 160 Å². The Kier molecular flexibility index (Phi) is 4.73. The highest BCUT2D eigenvalue weighted by molar-refractivity contribution is 7.21. The Hall–Kier alpha value is -2.99. The molecule has 2 aromatic carbocycles. The van der Waals surface area contributed by atoms with Crippen LogP contribution in [0.5, 0.6) is 0 Å². The third-order valence-corrected chi connectivity index (χ3v) is 5.87. The fourth-order valence-electron chi connectivity index (χ4n) is 3.30. The maximum Gasteiger partial charge on any atom is 0.307 e. The fourth-order valence-corrected chi connectivity index (χ4v) is 4.27. The molecule has 4 rings (SSSR count). The van der Waals surface area contributed by atoms with Gasteiger partial charge in [0.25, 0.3) is 0 Å². The van der Waals surface area contributed by atoms with Crippen molar-refractivity contribution in [1.29, 1.82) is 0 Å². The molecule has 0 bridgehead atoms. The summed E-state index contributed by atoms with van der Waals surface area (Å²) in [7, 11) is 0. The van der Waals surface area contributed by atoms with Gasteiger partial charge in [-0.15, -0.1) is 11.3 Å². The van der Waals surface area contributed by atoms with Crippen molar-refractivity contribution >= 4 is 39.1 Å². The Morgan fingerprint density at radius 3 is 2.41 bits per heavy atom. The van der Waals surface area contributed by atoms with E-state index < -0.39 is 17.8 Å². The van der Waals surface area contributed by atoms with Crippen molar-refractivity contribution in [3.63, 3.8) is 0 Å². The molecule has 136 valence electrons. The first-order valence-corrected chi connectivity index (χ1v) is 9.58. The first-order chi connectivity index (χ1) is 13.1. The van der Waals surface area contributed by atoms with Gasteiger partial charge in [-0.1, -0.05) is 24.3 Å². The summed E-state index contributed by atoms with van der Waals surface area (Å²) < 4.78 is 1.13. The lowest BCUT2D eigenvalue weighted by molar-refractivity contribution is -0.146. The molecule has 2 atom stereocenters. The Bertz CT molecular complexity index is 990. The number of carbonyl (C=O) groups excluding carboxylic acids is 1. The Morgan fingerprint density at radius 1 is 1.00 bits per heavy atom. The summed E-state index contributed by atoms with van der Waals surface area (Å²) in [6, 6.07) is 15.5. The Balaban J connectivity index is 1.49. The summed E-state index contributed by atoms with van der Waals surface area (Å²) in [6.07, 6.45) is 4.55. The van der Waals surface area contributed by atoms with E-state index in [1.165, 1.54) is 0 Å². The highest BCUT2D eigenvalue weighted by Crippen LogP contribution is 2.31. The number of anilines is 1. The maximum atomic E-state index is 12.5. The molecular weight excluding hydrogens is 360 g/mol. The number of aromatic nitrogens is 1. The van der Waals surface area contributed by atoms with Gasteiger partial charge in [-0.2, -0.15) is 0 Å². The molecule has 0 spiro atoms. The molecule has 1 aliphatic rings. The van der Waals surface area contributed by atoms with Crippen molar-refractivity contribution in [2.45, 2.75) is 12.8 Å². The van der Waals surface area contributed by atoms with Crippen molar-refractivity contribution in [2.24, 2.45) is 11.8 Å². The van der Waals surface area contributed by atoms with Crippen LogP contribution in [-0.2, 0) is 9.59 Å². The second-order valence-electron chi connectivity index (χ2n) is 6.55. The van der Waals surface area contributed by atoms with Gasteiger partial charge in [-0.25, -0.2) is 4.98 Å². The zero-order valence-corrected chi connectivity index (χ0v) is 15.3. The van der Waals surface area contributed by atoms with Crippen molar-refractivity contribution in [2.75, 3.05) is 5.32 Å². The number of benzene rings is 2. The van der Waals surface area contributed by atoms with Crippen molar-refractivity contribution in [1.82, 2.24) is 4.98 Å². The van der Waals surface area contributed by atoms with Crippen LogP contribution in [0, 0.1) is 11.8 Å². The number of nitrogens with one attached hydrogen (secondary N) is 1. The van der Waals surface area contributed by atoms with E-state index in [2.05, 4.69) is 10.3 Å². The number of carbonyl (C=O) groups is 2. The molecule has 0 aliphatic heterocycles. The molecule has 3 aromatic rings. The van der Waals surface area contributed by atoms with Crippen molar-refractivity contribution in [3.8, 4) is 10.6 Å². The van der Waals surface area contributed by atoms with E-state index >= 15 is 0 Å². The first-order valence-electron chi connectivity index (χ1n) is 8.76. The average molecular weight is 378 g/mol. The molecule has 1 amide bonds. The van der Waals surface area contributed by atoms with Gasteiger partial charge >= 0.3 is 5.97 Å². The summed E-state index contributed by atoms with van der Waals surface area (Å²) in [5, 5.41) is 13.1. The number of allylic oxidation sites excluding steroid dienone is 2. The zero-order chi connectivity index (χ0) is 18.8. The van der Waals surface area contributed by atoms with Crippen LogP contribution in [-0.4, -0.2) is 22.0 Å². The van der Waals surface area contributed by atoms with Crippen molar-refractivity contribution in [3.05, 3.63) is 60.7 Å². The van der Waals surface area contributed by atoms with Gasteiger partial charge in [-0.3, -0.25) is 9.59 Å². The average Bonchev–Trinajstić information content (AvgIpc) is 3.12. The standard InChI is InChI=1S/C21H18N2O3S/c24-19(15-5-1-2-6-16(15)21(25)26)22-14-11-9-13(10-12-14)20-23-17-7-3-4-8-18(17)27-20/h1-4,7-12,15-16H,5-6H2,(H,22,24)(H,25,26)/t15-,16-/m1/s1. The predicted molar refractivity (Wildman–Crippen MR) is 107 cm³/mol. The van der Waals surface area contributed by atoms with E-state index in [0.717, 1.165) is 20.8 Å². The SMILES string of the molecule is O=C(O)[C@@H]1CC=CC[C@H]1C(=O)Nc1ccc(-c2nc3ccccc3s2)cc1. The molecule has 0 unspecified atom stereocenters. The van der Waals surface area contributed by atoms with E-state index in [0.29, 0.717) is 18.5 Å². The van der Waals surface area contributed by atoms with Gasteiger partial charge in [-0.05, 0) is 49.2 Å². The number of para-hydroxylation sites is 1. The van der Waals surface area contributed by atoms with Crippen LogP contribution in [0.2, 0.25) is 0 Å². The second kappa shape index (κ2) is 7.32. The van der Waals surface area contributed by atoms with Crippen LogP contribution in [0.3, 0.4) is 0 Å². The van der Waals surface area contributed by atoms with Crippen molar-refractivity contribution < 1.29 is 14.7 Å². The lowest BCUT2D eigenvalue weighted by Gasteiger charge is -2.24. The van der Waals surface area contributed by atoms with Gasteiger partial charge < -0.3 is 10.4 Å². The van der Waals surface area contributed by atoms with E-state index in [1.54, 1.807) is 11.3 Å². The molecule has 0 fully saturated rings.